The zero-order valence-electron chi connectivity index (χ0n) is 11.3. The van der Waals surface area contributed by atoms with Gasteiger partial charge in [-0.3, -0.25) is 4.79 Å². The molecule has 2 aromatic carbocycles. The van der Waals surface area contributed by atoms with Gasteiger partial charge in [-0.1, -0.05) is 30.3 Å². The topological polar surface area (TPSA) is 52.1 Å². The number of ether oxygens (including phenoxy) is 1. The van der Waals surface area contributed by atoms with Crippen molar-refractivity contribution < 1.29 is 4.74 Å². The Morgan fingerprint density at radius 1 is 0.857 bits per heavy atom. The van der Waals surface area contributed by atoms with Crippen LogP contribution in [0.15, 0.2) is 59.4 Å². The van der Waals surface area contributed by atoms with E-state index in [4.69, 9.17) is 4.74 Å². The second-order valence-electron chi connectivity index (χ2n) is 4.39. The van der Waals surface area contributed by atoms with E-state index in [1.54, 1.807) is 7.11 Å². The fourth-order valence-corrected chi connectivity index (χ4v) is 2.59. The van der Waals surface area contributed by atoms with Crippen LogP contribution >= 0.6 is 11.7 Å². The van der Waals surface area contributed by atoms with Crippen molar-refractivity contribution in [1.82, 2.24) is 8.75 Å². The number of hydrogen-bond donors (Lipinski definition) is 0. The molecule has 0 bridgehead atoms. The third kappa shape index (κ3) is 2.68. The van der Waals surface area contributed by atoms with Gasteiger partial charge in [0, 0.05) is 11.1 Å². The molecular weight excluding hydrogens is 284 g/mol. The molecular formula is C16H12N2O2S. The zero-order valence-corrected chi connectivity index (χ0v) is 12.1. The van der Waals surface area contributed by atoms with Crippen molar-refractivity contribution in [3.05, 3.63) is 64.8 Å². The first kappa shape index (κ1) is 13.5. The van der Waals surface area contributed by atoms with Crippen LogP contribution < -0.4 is 10.2 Å². The maximum atomic E-state index is 12.6. The van der Waals surface area contributed by atoms with Crippen LogP contribution in [0.25, 0.3) is 22.5 Å². The summed E-state index contributed by atoms with van der Waals surface area (Å²) in [5.41, 5.74) is 2.25. The Labute approximate surface area is 126 Å². The summed E-state index contributed by atoms with van der Waals surface area (Å²) in [4.78, 5) is 12.6. The van der Waals surface area contributed by atoms with E-state index < -0.39 is 0 Å². The first-order valence-corrected chi connectivity index (χ1v) is 7.09. The van der Waals surface area contributed by atoms with Gasteiger partial charge in [-0.25, -0.2) is 0 Å². The summed E-state index contributed by atoms with van der Waals surface area (Å²) < 4.78 is 13.4. The number of benzene rings is 2. The minimum atomic E-state index is -0.162. The number of aromatic nitrogens is 2. The van der Waals surface area contributed by atoms with E-state index in [-0.39, 0.29) is 5.43 Å². The molecule has 1 aromatic heterocycles. The quantitative estimate of drug-likeness (QED) is 0.744. The lowest BCUT2D eigenvalue weighted by Crippen LogP contribution is -2.10. The van der Waals surface area contributed by atoms with Gasteiger partial charge in [0.2, 0.25) is 5.43 Å². The Morgan fingerprint density at radius 3 is 2.00 bits per heavy atom. The lowest BCUT2D eigenvalue weighted by molar-refractivity contribution is 0.415. The van der Waals surface area contributed by atoms with Crippen LogP contribution in [0.3, 0.4) is 0 Å². The normalized spacial score (nSPS) is 10.3. The molecule has 21 heavy (non-hydrogen) atoms. The van der Waals surface area contributed by atoms with Gasteiger partial charge in [0.25, 0.3) is 0 Å². The van der Waals surface area contributed by atoms with E-state index in [1.165, 1.54) is 0 Å². The van der Waals surface area contributed by atoms with Crippen molar-refractivity contribution in [2.75, 3.05) is 7.11 Å². The third-order valence-corrected chi connectivity index (χ3v) is 3.63. The Kier molecular flexibility index (Phi) is 3.75. The monoisotopic (exact) mass is 296 g/mol. The molecule has 0 radical (unpaired) electrons. The van der Waals surface area contributed by atoms with Gasteiger partial charge in [-0.2, -0.15) is 8.75 Å². The van der Waals surface area contributed by atoms with Crippen molar-refractivity contribution in [3.63, 3.8) is 0 Å². The molecule has 0 aliphatic rings. The van der Waals surface area contributed by atoms with Gasteiger partial charge in [-0.15, -0.1) is 0 Å². The largest absolute Gasteiger partial charge is 0.497 e. The molecule has 0 spiro atoms. The summed E-state index contributed by atoms with van der Waals surface area (Å²) in [5, 5.41) is 0. The highest BCUT2D eigenvalue weighted by Gasteiger charge is 2.12. The van der Waals surface area contributed by atoms with Crippen LogP contribution in [0.2, 0.25) is 0 Å². The summed E-state index contributed by atoms with van der Waals surface area (Å²) in [6.45, 7) is 0. The van der Waals surface area contributed by atoms with E-state index in [0.29, 0.717) is 11.4 Å². The van der Waals surface area contributed by atoms with Gasteiger partial charge in [-0.05, 0) is 24.3 Å². The molecule has 0 unspecified atom stereocenters. The predicted octanol–water partition coefficient (Wildman–Crippen LogP) is 3.24. The Hall–Kier alpha value is -2.53. The fraction of sp³-hybridized carbons (Fsp3) is 0.0625. The average molecular weight is 296 g/mol. The highest BCUT2D eigenvalue weighted by Crippen LogP contribution is 2.21. The molecule has 1 heterocycles. The molecule has 0 saturated carbocycles. The number of nitrogens with zero attached hydrogens (tertiary/aromatic N) is 2. The summed E-state index contributed by atoms with van der Waals surface area (Å²) in [7, 11) is 1.61. The zero-order chi connectivity index (χ0) is 14.7. The van der Waals surface area contributed by atoms with Gasteiger partial charge in [0.1, 0.15) is 17.1 Å². The Morgan fingerprint density at radius 2 is 1.43 bits per heavy atom. The molecule has 3 aromatic rings. The lowest BCUT2D eigenvalue weighted by atomic mass is 10.1. The second kappa shape index (κ2) is 5.85. The van der Waals surface area contributed by atoms with Crippen LogP contribution in [0.5, 0.6) is 5.75 Å². The van der Waals surface area contributed by atoms with Crippen molar-refractivity contribution in [2.24, 2.45) is 0 Å². The molecule has 4 nitrogen and oxygen atoms in total. The highest BCUT2D eigenvalue weighted by atomic mass is 32.1. The summed E-state index contributed by atoms with van der Waals surface area (Å²) in [5.74, 6) is 0.743. The Bertz CT molecular complexity index is 799. The molecule has 5 heteroatoms. The molecule has 0 aliphatic heterocycles. The van der Waals surface area contributed by atoms with Crippen LogP contribution in [0.1, 0.15) is 0 Å². The Balaban J connectivity index is 2.10. The average Bonchev–Trinajstić information content (AvgIpc) is 2.56. The third-order valence-electron chi connectivity index (χ3n) is 3.11. The predicted molar refractivity (Wildman–Crippen MR) is 83.6 cm³/mol. The minimum Gasteiger partial charge on any atom is -0.497 e. The summed E-state index contributed by atoms with van der Waals surface area (Å²) in [6.07, 6.45) is 0. The molecule has 0 aliphatic carbocycles. The van der Waals surface area contributed by atoms with Crippen LogP contribution in [-0.2, 0) is 0 Å². The molecule has 3 rings (SSSR count). The van der Waals surface area contributed by atoms with Gasteiger partial charge < -0.3 is 4.74 Å². The number of hydrogen-bond acceptors (Lipinski definition) is 5. The molecule has 0 amide bonds. The van der Waals surface area contributed by atoms with Crippen molar-refractivity contribution in [2.45, 2.75) is 0 Å². The minimum absolute atomic E-state index is 0.162. The first-order valence-electron chi connectivity index (χ1n) is 6.36. The standard InChI is InChI=1S/C16H12N2O2S/c1-20-13-9-7-12(8-10-13)15-16(19)14(17-21-18-15)11-5-3-2-4-6-11/h2-10H,1H3. The molecule has 0 fully saturated rings. The van der Waals surface area contributed by atoms with E-state index in [2.05, 4.69) is 8.75 Å². The highest BCUT2D eigenvalue weighted by molar-refractivity contribution is 6.99. The smallest absolute Gasteiger partial charge is 0.233 e. The SMILES string of the molecule is COc1ccc(-c2nsnc(-c3ccccc3)c2=O)cc1. The molecule has 0 saturated heterocycles. The van der Waals surface area contributed by atoms with Gasteiger partial charge in [0.15, 0.2) is 0 Å². The van der Waals surface area contributed by atoms with E-state index in [0.717, 1.165) is 28.6 Å². The fourth-order valence-electron chi connectivity index (χ4n) is 2.01. The van der Waals surface area contributed by atoms with Crippen LogP contribution in [0.4, 0.5) is 0 Å². The van der Waals surface area contributed by atoms with Crippen molar-refractivity contribution >= 4 is 11.7 Å². The van der Waals surface area contributed by atoms with E-state index in [1.807, 2.05) is 54.6 Å². The molecule has 0 atom stereocenters. The number of rotatable bonds is 3. The first-order chi connectivity index (χ1) is 10.3. The second-order valence-corrected chi connectivity index (χ2v) is 4.91. The van der Waals surface area contributed by atoms with Crippen molar-refractivity contribution in [3.8, 4) is 28.3 Å². The van der Waals surface area contributed by atoms with Crippen LogP contribution in [-0.4, -0.2) is 15.9 Å². The summed E-state index contributed by atoms with van der Waals surface area (Å²) in [6, 6.07) is 16.7. The maximum Gasteiger partial charge on any atom is 0.233 e. The summed E-state index contributed by atoms with van der Waals surface area (Å²) >= 11 is 1.04. The molecule has 0 N–H and O–H groups in total. The van der Waals surface area contributed by atoms with Gasteiger partial charge >= 0.3 is 0 Å². The van der Waals surface area contributed by atoms with E-state index in [9.17, 15) is 4.79 Å². The lowest BCUT2D eigenvalue weighted by Gasteiger charge is -2.03. The maximum absolute atomic E-state index is 12.6. The van der Waals surface area contributed by atoms with Crippen molar-refractivity contribution in [1.29, 1.82) is 0 Å². The number of methoxy groups -OCH3 is 1. The molecule has 104 valence electrons. The van der Waals surface area contributed by atoms with Crippen LogP contribution in [0, 0.1) is 0 Å². The van der Waals surface area contributed by atoms with E-state index >= 15 is 0 Å². The van der Waals surface area contributed by atoms with Gasteiger partial charge in [0.05, 0.1) is 18.8 Å².